The Bertz CT molecular complexity index is 500. The molecule has 0 heterocycles. The molecule has 0 amide bonds. The largest absolute Gasteiger partial charge is 0.395 e. The van der Waals surface area contributed by atoms with Crippen LogP contribution in [0.5, 0.6) is 0 Å². The van der Waals surface area contributed by atoms with Gasteiger partial charge in [0.05, 0.1) is 11.5 Å². The highest BCUT2D eigenvalue weighted by molar-refractivity contribution is 7.91. The van der Waals surface area contributed by atoms with Crippen LogP contribution in [0.15, 0.2) is 29.2 Å². The zero-order chi connectivity index (χ0) is 14.6. The molecule has 0 aliphatic heterocycles. The standard InChI is InChI=1S/C12H17F2NO3S/c1-9(2)15(7-8-16)10-3-5-11(6-4-10)19(17,18)12(13)14/h3-6,9,12,16H,7-8H2,1-2H3. The Kier molecular flexibility index (Phi) is 5.25. The van der Waals surface area contributed by atoms with E-state index in [4.69, 9.17) is 5.11 Å². The minimum Gasteiger partial charge on any atom is -0.395 e. The highest BCUT2D eigenvalue weighted by atomic mass is 32.2. The molecule has 19 heavy (non-hydrogen) atoms. The second kappa shape index (κ2) is 6.29. The van der Waals surface area contributed by atoms with Gasteiger partial charge in [0.1, 0.15) is 0 Å². The van der Waals surface area contributed by atoms with E-state index in [1.54, 1.807) is 0 Å². The molecule has 4 nitrogen and oxygen atoms in total. The minimum atomic E-state index is -4.55. The summed E-state index contributed by atoms with van der Waals surface area (Å²) < 4.78 is 47.3. The first-order chi connectivity index (χ1) is 8.80. The van der Waals surface area contributed by atoms with E-state index in [-0.39, 0.29) is 12.6 Å². The van der Waals surface area contributed by atoms with E-state index < -0.39 is 20.5 Å². The molecule has 0 saturated carbocycles. The van der Waals surface area contributed by atoms with Crippen molar-refractivity contribution >= 4 is 15.5 Å². The van der Waals surface area contributed by atoms with E-state index in [1.165, 1.54) is 12.1 Å². The molecule has 1 rings (SSSR count). The Hall–Kier alpha value is -1.21. The van der Waals surface area contributed by atoms with E-state index in [1.807, 2.05) is 18.7 Å². The predicted molar refractivity (Wildman–Crippen MR) is 69.2 cm³/mol. The van der Waals surface area contributed by atoms with E-state index in [0.29, 0.717) is 12.2 Å². The van der Waals surface area contributed by atoms with Crippen LogP contribution in [0.4, 0.5) is 14.5 Å². The van der Waals surface area contributed by atoms with Crippen molar-refractivity contribution in [2.45, 2.75) is 30.5 Å². The quantitative estimate of drug-likeness (QED) is 0.870. The molecule has 0 aliphatic rings. The summed E-state index contributed by atoms with van der Waals surface area (Å²) >= 11 is 0. The number of alkyl halides is 2. The lowest BCUT2D eigenvalue weighted by Gasteiger charge is -2.28. The summed E-state index contributed by atoms with van der Waals surface area (Å²) in [7, 11) is -4.55. The zero-order valence-corrected chi connectivity index (χ0v) is 11.6. The number of aliphatic hydroxyl groups is 1. The first kappa shape index (κ1) is 15.8. The van der Waals surface area contributed by atoms with Crippen LogP contribution < -0.4 is 4.90 Å². The number of benzene rings is 1. The number of sulfone groups is 1. The summed E-state index contributed by atoms with van der Waals surface area (Å²) in [6.07, 6.45) is 0. The molecule has 1 aromatic carbocycles. The first-order valence-corrected chi connectivity index (χ1v) is 7.35. The van der Waals surface area contributed by atoms with E-state index in [9.17, 15) is 17.2 Å². The van der Waals surface area contributed by atoms with Gasteiger partial charge in [-0.1, -0.05) is 0 Å². The number of hydrogen-bond acceptors (Lipinski definition) is 4. The fourth-order valence-corrected chi connectivity index (χ4v) is 2.44. The maximum absolute atomic E-state index is 12.4. The summed E-state index contributed by atoms with van der Waals surface area (Å²) in [5, 5.41) is 8.97. The molecule has 0 aromatic heterocycles. The minimum absolute atomic E-state index is 0.0464. The molecule has 0 fully saturated rings. The average molecular weight is 293 g/mol. The van der Waals surface area contributed by atoms with Gasteiger partial charge in [-0.05, 0) is 38.1 Å². The lowest BCUT2D eigenvalue weighted by atomic mass is 10.2. The SMILES string of the molecule is CC(C)N(CCO)c1ccc(S(=O)(=O)C(F)F)cc1. The highest BCUT2D eigenvalue weighted by Crippen LogP contribution is 2.23. The fourth-order valence-electron chi connectivity index (χ4n) is 1.72. The van der Waals surface area contributed by atoms with Gasteiger partial charge in [0.2, 0.25) is 9.84 Å². The average Bonchev–Trinajstić information content (AvgIpc) is 2.35. The van der Waals surface area contributed by atoms with Gasteiger partial charge in [0.15, 0.2) is 0 Å². The van der Waals surface area contributed by atoms with Gasteiger partial charge in [0, 0.05) is 18.3 Å². The molecule has 7 heteroatoms. The molecular formula is C12H17F2NO3S. The van der Waals surface area contributed by atoms with E-state index in [0.717, 1.165) is 12.1 Å². The highest BCUT2D eigenvalue weighted by Gasteiger charge is 2.26. The van der Waals surface area contributed by atoms with Crippen molar-refractivity contribution in [3.05, 3.63) is 24.3 Å². The van der Waals surface area contributed by atoms with Crippen molar-refractivity contribution in [3.8, 4) is 0 Å². The van der Waals surface area contributed by atoms with E-state index >= 15 is 0 Å². The van der Waals surface area contributed by atoms with E-state index in [2.05, 4.69) is 0 Å². The van der Waals surface area contributed by atoms with Crippen molar-refractivity contribution in [1.29, 1.82) is 0 Å². The summed E-state index contributed by atoms with van der Waals surface area (Å²) in [6.45, 7) is 4.17. The Morgan fingerprint density at radius 3 is 2.11 bits per heavy atom. The van der Waals surface area contributed by atoms with Crippen LogP contribution in [-0.4, -0.2) is 38.5 Å². The van der Waals surface area contributed by atoms with Crippen LogP contribution in [0.1, 0.15) is 13.8 Å². The predicted octanol–water partition coefficient (Wildman–Crippen LogP) is 1.89. The third-order valence-corrected chi connectivity index (χ3v) is 4.09. The molecule has 0 aliphatic carbocycles. The molecule has 108 valence electrons. The summed E-state index contributed by atoms with van der Waals surface area (Å²) in [5.41, 5.74) is 0.678. The molecule has 0 spiro atoms. The van der Waals surface area contributed by atoms with Gasteiger partial charge in [-0.3, -0.25) is 0 Å². The van der Waals surface area contributed by atoms with Gasteiger partial charge in [-0.25, -0.2) is 8.42 Å². The summed E-state index contributed by atoms with van der Waals surface area (Å²) in [4.78, 5) is 1.44. The third kappa shape index (κ3) is 3.63. The Morgan fingerprint density at radius 1 is 1.21 bits per heavy atom. The second-order valence-corrected chi connectivity index (χ2v) is 6.23. The molecule has 0 radical (unpaired) electrons. The normalized spacial score (nSPS) is 12.2. The topological polar surface area (TPSA) is 57.6 Å². The lowest BCUT2D eigenvalue weighted by Crippen LogP contribution is -2.33. The van der Waals surface area contributed by atoms with Crippen molar-refractivity contribution in [3.63, 3.8) is 0 Å². The maximum atomic E-state index is 12.4. The monoisotopic (exact) mass is 293 g/mol. The number of nitrogens with zero attached hydrogens (tertiary/aromatic N) is 1. The van der Waals surface area contributed by atoms with Crippen molar-refractivity contribution in [2.75, 3.05) is 18.1 Å². The maximum Gasteiger partial charge on any atom is 0.341 e. The van der Waals surface area contributed by atoms with Gasteiger partial charge in [-0.15, -0.1) is 0 Å². The number of anilines is 1. The molecule has 0 saturated heterocycles. The molecule has 0 unspecified atom stereocenters. The zero-order valence-electron chi connectivity index (χ0n) is 10.8. The number of aliphatic hydroxyl groups excluding tert-OH is 1. The van der Waals surface area contributed by atoms with Gasteiger partial charge < -0.3 is 10.0 Å². The van der Waals surface area contributed by atoms with Crippen molar-refractivity contribution in [2.24, 2.45) is 0 Å². The van der Waals surface area contributed by atoms with Crippen LogP contribution in [-0.2, 0) is 9.84 Å². The van der Waals surface area contributed by atoms with Crippen LogP contribution in [0.25, 0.3) is 0 Å². The lowest BCUT2D eigenvalue weighted by molar-refractivity contribution is 0.234. The first-order valence-electron chi connectivity index (χ1n) is 5.80. The van der Waals surface area contributed by atoms with Crippen LogP contribution >= 0.6 is 0 Å². The number of rotatable bonds is 6. The summed E-state index contributed by atoms with van der Waals surface area (Å²) in [6, 6.07) is 5.34. The Balaban J connectivity index is 3.05. The number of hydrogen-bond donors (Lipinski definition) is 1. The molecular weight excluding hydrogens is 276 g/mol. The second-order valence-electron chi connectivity index (χ2n) is 4.31. The van der Waals surface area contributed by atoms with Gasteiger partial charge >= 0.3 is 5.76 Å². The van der Waals surface area contributed by atoms with Crippen molar-refractivity contribution < 1.29 is 22.3 Å². The molecule has 0 atom stereocenters. The molecule has 1 aromatic rings. The summed E-state index contributed by atoms with van der Waals surface area (Å²) in [5.74, 6) is -3.42. The van der Waals surface area contributed by atoms with Gasteiger partial charge in [-0.2, -0.15) is 8.78 Å². The van der Waals surface area contributed by atoms with Crippen LogP contribution in [0, 0.1) is 0 Å². The van der Waals surface area contributed by atoms with Crippen LogP contribution in [0.2, 0.25) is 0 Å². The Morgan fingerprint density at radius 2 is 1.74 bits per heavy atom. The molecule has 0 bridgehead atoms. The third-order valence-electron chi connectivity index (χ3n) is 2.70. The van der Waals surface area contributed by atoms with Crippen molar-refractivity contribution in [1.82, 2.24) is 0 Å². The molecule has 1 N–H and O–H groups in total. The Labute approximate surface area is 111 Å². The number of halogens is 2. The van der Waals surface area contributed by atoms with Gasteiger partial charge in [0.25, 0.3) is 0 Å². The smallest absolute Gasteiger partial charge is 0.341 e. The fraction of sp³-hybridized carbons (Fsp3) is 0.500. The van der Waals surface area contributed by atoms with Crippen LogP contribution in [0.3, 0.4) is 0 Å².